The SMILES string of the molecule is CC12CCCCC1(C)N(c1nc(-c3cccc([Si](c4ccccc4)(c4ccccc4)c4ccccc4)c3)nc(-n3c4ccccc4c4ccccc43)n1)c1ccccc12. The Morgan fingerprint density at radius 2 is 0.983 bits per heavy atom. The van der Waals surface area contributed by atoms with E-state index in [2.05, 4.69) is 211 Å². The number of hydrogen-bond acceptors (Lipinski definition) is 4. The second-order valence-corrected chi connectivity index (χ2v) is 20.5. The normalized spacial score (nSPS) is 18.8. The van der Waals surface area contributed by atoms with Crippen LogP contribution in [0.15, 0.2) is 188 Å². The largest absolute Gasteiger partial charge is 0.303 e. The molecule has 0 saturated heterocycles. The maximum atomic E-state index is 5.57. The Bertz CT molecular complexity index is 2850. The molecule has 2 atom stereocenters. The van der Waals surface area contributed by atoms with E-state index in [1.807, 2.05) is 0 Å². The Balaban J connectivity index is 1.20. The summed E-state index contributed by atoms with van der Waals surface area (Å²) in [6.07, 6.45) is 4.56. The summed E-state index contributed by atoms with van der Waals surface area (Å²) < 4.78 is 2.24. The molecule has 11 rings (SSSR count). The van der Waals surface area contributed by atoms with Crippen molar-refractivity contribution in [1.29, 1.82) is 0 Å². The van der Waals surface area contributed by atoms with Crippen LogP contribution < -0.4 is 25.6 Å². The number of para-hydroxylation sites is 3. The average molecular weight is 780 g/mol. The van der Waals surface area contributed by atoms with Crippen LogP contribution in [0.2, 0.25) is 0 Å². The monoisotopic (exact) mass is 779 g/mol. The summed E-state index contributed by atoms with van der Waals surface area (Å²) in [7, 11) is -2.82. The molecule has 1 aliphatic heterocycles. The first-order chi connectivity index (χ1) is 29.0. The van der Waals surface area contributed by atoms with Crippen LogP contribution >= 0.6 is 0 Å². The summed E-state index contributed by atoms with van der Waals surface area (Å²) >= 11 is 0. The lowest BCUT2D eigenvalue weighted by atomic mass is 9.61. The third-order valence-electron chi connectivity index (χ3n) is 13.8. The number of rotatable bonds is 7. The highest BCUT2D eigenvalue weighted by Gasteiger charge is 2.58. The van der Waals surface area contributed by atoms with E-state index < -0.39 is 8.07 Å². The van der Waals surface area contributed by atoms with Gasteiger partial charge in [-0.1, -0.05) is 190 Å². The van der Waals surface area contributed by atoms with E-state index in [-0.39, 0.29) is 11.0 Å². The van der Waals surface area contributed by atoms with Gasteiger partial charge in [0, 0.05) is 27.4 Å². The van der Waals surface area contributed by atoms with Crippen LogP contribution in [0.25, 0.3) is 39.1 Å². The van der Waals surface area contributed by atoms with Crippen molar-refractivity contribution in [3.63, 3.8) is 0 Å². The molecular formula is C53H45N5Si. The van der Waals surface area contributed by atoms with Crippen LogP contribution in [0.3, 0.4) is 0 Å². The van der Waals surface area contributed by atoms with Gasteiger partial charge in [0.25, 0.3) is 0 Å². The van der Waals surface area contributed by atoms with Crippen LogP contribution in [0.5, 0.6) is 0 Å². The summed E-state index contributed by atoms with van der Waals surface area (Å²) in [6, 6.07) is 68.5. The fraction of sp³-hybridized carbons (Fsp3) is 0.151. The lowest BCUT2D eigenvalue weighted by molar-refractivity contribution is 0.193. The molecule has 2 unspecified atom stereocenters. The van der Waals surface area contributed by atoms with E-state index in [9.17, 15) is 0 Å². The lowest BCUT2D eigenvalue weighted by Crippen LogP contribution is -2.74. The van der Waals surface area contributed by atoms with E-state index in [0.717, 1.165) is 29.4 Å². The predicted octanol–water partition coefficient (Wildman–Crippen LogP) is 9.76. The predicted molar refractivity (Wildman–Crippen MR) is 246 cm³/mol. The standard InChI is InChI=1S/C53H45N5Si/c1-52-35-18-19-36-53(52,2)58(48-34-17-14-31-45(48)52)51-55-49(54-50(56-51)57-46-32-15-12-29-43(46)44-30-13-16-33-47(44)57)38-21-20-28-42(37-38)59(39-22-6-3-7-23-39,40-24-8-4-9-25-40)41-26-10-5-11-27-41/h3-17,20-34,37H,18-19,35-36H2,1-2H3. The Kier molecular flexibility index (Phi) is 8.28. The van der Waals surface area contributed by atoms with E-state index in [4.69, 9.17) is 15.0 Å². The molecule has 0 spiro atoms. The minimum absolute atomic E-state index is 0.0478. The third kappa shape index (κ3) is 5.25. The molecule has 2 aromatic heterocycles. The highest BCUT2D eigenvalue weighted by molar-refractivity contribution is 7.19. The maximum Gasteiger partial charge on any atom is 0.240 e. The summed E-state index contributed by atoms with van der Waals surface area (Å²) in [5, 5.41) is 7.62. The molecule has 0 amide bonds. The van der Waals surface area contributed by atoms with Crippen LogP contribution in [0, 0.1) is 0 Å². The highest BCUT2D eigenvalue weighted by Crippen LogP contribution is 2.60. The van der Waals surface area contributed by atoms with Gasteiger partial charge in [-0.2, -0.15) is 15.0 Å². The van der Waals surface area contributed by atoms with Gasteiger partial charge in [0.1, 0.15) is 0 Å². The van der Waals surface area contributed by atoms with Gasteiger partial charge in [-0.3, -0.25) is 4.57 Å². The van der Waals surface area contributed by atoms with Crippen molar-refractivity contribution < 1.29 is 0 Å². The van der Waals surface area contributed by atoms with Crippen LogP contribution in [0.4, 0.5) is 11.6 Å². The van der Waals surface area contributed by atoms with Crippen molar-refractivity contribution >= 4 is 62.3 Å². The summed E-state index contributed by atoms with van der Waals surface area (Å²) in [5.74, 6) is 1.97. The summed E-state index contributed by atoms with van der Waals surface area (Å²) in [6.45, 7) is 4.90. The van der Waals surface area contributed by atoms with Gasteiger partial charge >= 0.3 is 0 Å². The van der Waals surface area contributed by atoms with E-state index in [1.165, 1.54) is 55.6 Å². The molecule has 9 aromatic rings. The van der Waals surface area contributed by atoms with Gasteiger partial charge < -0.3 is 4.90 Å². The molecule has 0 bridgehead atoms. The van der Waals surface area contributed by atoms with E-state index in [0.29, 0.717) is 17.7 Å². The minimum Gasteiger partial charge on any atom is -0.303 e. The van der Waals surface area contributed by atoms with Crippen molar-refractivity contribution in [3.8, 4) is 17.3 Å². The maximum absolute atomic E-state index is 5.57. The van der Waals surface area contributed by atoms with Gasteiger partial charge in [-0.25, -0.2) is 0 Å². The summed E-state index contributed by atoms with van der Waals surface area (Å²) in [5.41, 5.74) is 5.43. The molecule has 59 heavy (non-hydrogen) atoms. The second kappa shape index (κ2) is 13.7. The molecule has 1 saturated carbocycles. The molecule has 7 aromatic carbocycles. The third-order valence-corrected chi connectivity index (χ3v) is 18.6. The first-order valence-corrected chi connectivity index (χ1v) is 22.9. The molecule has 2 aliphatic rings. The second-order valence-electron chi connectivity index (χ2n) is 16.7. The zero-order valence-electron chi connectivity index (χ0n) is 33.5. The van der Waals surface area contributed by atoms with Crippen molar-refractivity contribution in [1.82, 2.24) is 19.5 Å². The minimum atomic E-state index is -2.82. The van der Waals surface area contributed by atoms with Crippen molar-refractivity contribution in [3.05, 3.63) is 194 Å². The molecule has 1 aliphatic carbocycles. The zero-order chi connectivity index (χ0) is 39.6. The molecule has 0 radical (unpaired) electrons. The number of anilines is 2. The number of fused-ring (bicyclic) bond motifs is 6. The molecule has 286 valence electrons. The Hall–Kier alpha value is -6.63. The Labute approximate surface area is 346 Å². The van der Waals surface area contributed by atoms with Gasteiger partial charge in [0.05, 0.1) is 16.6 Å². The first kappa shape index (κ1) is 35.5. The number of aromatic nitrogens is 4. The highest BCUT2D eigenvalue weighted by atomic mass is 28.3. The smallest absolute Gasteiger partial charge is 0.240 e. The summed E-state index contributed by atoms with van der Waals surface area (Å²) in [4.78, 5) is 19.1. The van der Waals surface area contributed by atoms with Gasteiger partial charge in [0.2, 0.25) is 11.9 Å². The number of benzene rings is 7. The Morgan fingerprint density at radius 1 is 0.475 bits per heavy atom. The average Bonchev–Trinajstić information content (AvgIpc) is 3.74. The molecule has 1 fully saturated rings. The van der Waals surface area contributed by atoms with Gasteiger partial charge in [-0.05, 0) is 64.3 Å². The molecule has 6 heteroatoms. The number of nitrogens with zero attached hydrogens (tertiary/aromatic N) is 5. The van der Waals surface area contributed by atoms with Crippen LogP contribution in [0.1, 0.15) is 45.1 Å². The van der Waals surface area contributed by atoms with Crippen molar-refractivity contribution in [2.75, 3.05) is 4.90 Å². The van der Waals surface area contributed by atoms with Crippen molar-refractivity contribution in [2.45, 2.75) is 50.5 Å². The molecule has 5 nitrogen and oxygen atoms in total. The Morgan fingerprint density at radius 3 is 1.61 bits per heavy atom. The first-order valence-electron chi connectivity index (χ1n) is 20.9. The number of hydrogen-bond donors (Lipinski definition) is 0. The van der Waals surface area contributed by atoms with Crippen LogP contribution in [-0.2, 0) is 5.41 Å². The fourth-order valence-electron chi connectivity index (χ4n) is 10.8. The fourth-order valence-corrected chi connectivity index (χ4v) is 15.6. The molecule has 0 N–H and O–H groups in total. The van der Waals surface area contributed by atoms with Crippen LogP contribution in [-0.4, -0.2) is 33.1 Å². The van der Waals surface area contributed by atoms with Gasteiger partial charge in [-0.15, -0.1) is 0 Å². The lowest BCUT2D eigenvalue weighted by Gasteiger charge is -2.49. The topological polar surface area (TPSA) is 46.8 Å². The zero-order valence-corrected chi connectivity index (χ0v) is 34.5. The van der Waals surface area contributed by atoms with E-state index >= 15 is 0 Å². The van der Waals surface area contributed by atoms with Gasteiger partial charge in [0.15, 0.2) is 13.9 Å². The molecule has 3 heterocycles. The quantitative estimate of drug-likeness (QED) is 0.119. The van der Waals surface area contributed by atoms with Crippen molar-refractivity contribution in [2.24, 2.45) is 0 Å². The molecular weight excluding hydrogens is 735 g/mol. The van der Waals surface area contributed by atoms with E-state index in [1.54, 1.807) is 0 Å².